The first-order valence-corrected chi connectivity index (χ1v) is 11.8. The number of aryl methyl sites for hydroxylation is 1. The van der Waals surface area contributed by atoms with Crippen molar-refractivity contribution in [3.8, 4) is 28.3 Å². The Bertz CT molecular complexity index is 1320. The number of imidazole rings is 1. The number of hydrogen-bond donors (Lipinski definition) is 0. The number of hydrogen-bond acceptors (Lipinski definition) is 4. The Labute approximate surface area is 198 Å². The summed E-state index contributed by atoms with van der Waals surface area (Å²) in [4.78, 5) is 11.8. The van der Waals surface area contributed by atoms with Gasteiger partial charge in [0.25, 0.3) is 0 Å². The second-order valence-corrected chi connectivity index (χ2v) is 9.15. The molecule has 0 saturated carbocycles. The van der Waals surface area contributed by atoms with Gasteiger partial charge in [-0.3, -0.25) is 9.88 Å². The van der Waals surface area contributed by atoms with Crippen molar-refractivity contribution < 1.29 is 9.13 Å². The molecule has 2 aliphatic heterocycles. The first-order valence-electron chi connectivity index (χ1n) is 11.8. The van der Waals surface area contributed by atoms with Crippen LogP contribution in [0, 0.1) is 5.82 Å². The number of benzene rings is 2. The van der Waals surface area contributed by atoms with E-state index in [4.69, 9.17) is 9.72 Å². The molecule has 172 valence electrons. The Balaban J connectivity index is 1.34. The summed E-state index contributed by atoms with van der Waals surface area (Å²) >= 11 is 0. The van der Waals surface area contributed by atoms with E-state index in [0.717, 1.165) is 73.0 Å². The fourth-order valence-electron chi connectivity index (χ4n) is 5.41. The molecule has 4 heterocycles. The quantitative estimate of drug-likeness (QED) is 0.410. The number of ether oxygens (including phenoxy) is 1. The molecule has 2 aromatic carbocycles. The summed E-state index contributed by atoms with van der Waals surface area (Å²) < 4.78 is 21.4. The summed E-state index contributed by atoms with van der Waals surface area (Å²) in [6.07, 6.45) is 6.71. The second kappa shape index (κ2) is 8.69. The summed E-state index contributed by atoms with van der Waals surface area (Å²) in [6.45, 7) is 2.97. The van der Waals surface area contributed by atoms with Crippen molar-refractivity contribution in [2.24, 2.45) is 0 Å². The molecule has 0 spiro atoms. The van der Waals surface area contributed by atoms with Gasteiger partial charge in [-0.25, -0.2) is 9.37 Å². The predicted octanol–water partition coefficient (Wildman–Crippen LogP) is 5.31. The van der Waals surface area contributed by atoms with Crippen LogP contribution in [0.3, 0.4) is 0 Å². The van der Waals surface area contributed by atoms with Crippen molar-refractivity contribution in [2.75, 3.05) is 20.2 Å². The van der Waals surface area contributed by atoms with Gasteiger partial charge in [-0.1, -0.05) is 6.07 Å². The van der Waals surface area contributed by atoms with Crippen LogP contribution in [0.25, 0.3) is 22.5 Å². The maximum atomic E-state index is 13.6. The minimum atomic E-state index is -0.234. The topological polar surface area (TPSA) is 43.2 Å². The van der Waals surface area contributed by atoms with Gasteiger partial charge in [-0.2, -0.15) is 0 Å². The lowest BCUT2D eigenvalue weighted by Gasteiger charge is -2.32. The van der Waals surface area contributed by atoms with E-state index in [2.05, 4.69) is 32.7 Å². The highest BCUT2D eigenvalue weighted by Gasteiger charge is 2.32. The molecule has 5 nitrogen and oxygen atoms in total. The van der Waals surface area contributed by atoms with Crippen LogP contribution >= 0.6 is 0 Å². The van der Waals surface area contributed by atoms with Crippen LogP contribution in [-0.2, 0) is 19.4 Å². The summed E-state index contributed by atoms with van der Waals surface area (Å²) in [7, 11) is 1.72. The van der Waals surface area contributed by atoms with E-state index in [1.807, 2.05) is 36.7 Å². The van der Waals surface area contributed by atoms with Crippen LogP contribution in [0.5, 0.6) is 5.75 Å². The highest BCUT2D eigenvalue weighted by molar-refractivity contribution is 5.79. The molecule has 0 aliphatic carbocycles. The molecule has 0 radical (unpaired) electrons. The molecule has 0 fully saturated rings. The SMILES string of the molecule is COc1ccc2c(c1)CCN(CC1CCc3nc(-c4ccc(F)cc4)c(-c4ccncc4)n31)C2. The number of pyridine rings is 1. The Morgan fingerprint density at radius 3 is 2.59 bits per heavy atom. The minimum absolute atomic E-state index is 0.234. The van der Waals surface area contributed by atoms with Crippen LogP contribution in [-0.4, -0.2) is 39.6 Å². The lowest BCUT2D eigenvalue weighted by Crippen LogP contribution is -2.34. The van der Waals surface area contributed by atoms with Crippen LogP contribution in [0.2, 0.25) is 0 Å². The molecule has 4 aromatic rings. The first-order chi connectivity index (χ1) is 16.7. The zero-order valence-electron chi connectivity index (χ0n) is 19.2. The molecule has 1 unspecified atom stereocenters. The Morgan fingerprint density at radius 1 is 0.971 bits per heavy atom. The third kappa shape index (κ3) is 3.78. The molecule has 0 bridgehead atoms. The zero-order valence-corrected chi connectivity index (χ0v) is 19.2. The molecule has 34 heavy (non-hydrogen) atoms. The fourth-order valence-corrected chi connectivity index (χ4v) is 5.41. The molecule has 0 amide bonds. The van der Waals surface area contributed by atoms with E-state index >= 15 is 0 Å². The molecular formula is C28H27FN4O. The predicted molar refractivity (Wildman–Crippen MR) is 130 cm³/mol. The Morgan fingerprint density at radius 2 is 1.79 bits per heavy atom. The minimum Gasteiger partial charge on any atom is -0.497 e. The Kier molecular flexibility index (Phi) is 5.38. The van der Waals surface area contributed by atoms with Gasteiger partial charge < -0.3 is 9.30 Å². The van der Waals surface area contributed by atoms with Crippen molar-refractivity contribution in [3.63, 3.8) is 0 Å². The third-order valence-corrected chi connectivity index (χ3v) is 7.10. The Hall–Kier alpha value is -3.51. The summed E-state index contributed by atoms with van der Waals surface area (Å²) in [6, 6.07) is 17.5. The van der Waals surface area contributed by atoms with Crippen molar-refractivity contribution >= 4 is 0 Å². The highest BCUT2D eigenvalue weighted by atomic mass is 19.1. The van der Waals surface area contributed by atoms with Gasteiger partial charge in [0.05, 0.1) is 18.5 Å². The lowest BCUT2D eigenvalue weighted by atomic mass is 9.98. The second-order valence-electron chi connectivity index (χ2n) is 9.15. The summed E-state index contributed by atoms with van der Waals surface area (Å²) in [5, 5.41) is 0. The number of nitrogens with zero attached hydrogens (tertiary/aromatic N) is 4. The van der Waals surface area contributed by atoms with E-state index in [9.17, 15) is 4.39 Å². The number of aromatic nitrogens is 3. The van der Waals surface area contributed by atoms with E-state index in [-0.39, 0.29) is 5.82 Å². The molecule has 6 heteroatoms. The standard InChI is InChI=1S/C28H27FN4O/c1-34-25-8-4-22-17-32(15-12-21(22)16-25)18-24-7-9-26-31-27(19-2-5-23(29)6-3-19)28(33(24)26)20-10-13-30-14-11-20/h2-6,8,10-11,13-14,16,24H,7,9,12,15,17-18H2,1H3. The maximum absolute atomic E-state index is 13.6. The average molecular weight is 455 g/mol. The monoisotopic (exact) mass is 454 g/mol. The molecule has 2 aromatic heterocycles. The van der Waals surface area contributed by atoms with Crippen molar-refractivity contribution in [1.29, 1.82) is 0 Å². The van der Waals surface area contributed by atoms with E-state index in [0.29, 0.717) is 6.04 Å². The largest absolute Gasteiger partial charge is 0.497 e. The number of methoxy groups -OCH3 is 1. The zero-order chi connectivity index (χ0) is 23.1. The van der Waals surface area contributed by atoms with Crippen molar-refractivity contribution in [3.05, 3.63) is 89.8 Å². The highest BCUT2D eigenvalue weighted by Crippen LogP contribution is 2.40. The average Bonchev–Trinajstić information content (AvgIpc) is 3.44. The van der Waals surface area contributed by atoms with E-state index < -0.39 is 0 Å². The van der Waals surface area contributed by atoms with Crippen LogP contribution in [0.15, 0.2) is 67.0 Å². The van der Waals surface area contributed by atoms with Gasteiger partial charge in [0, 0.05) is 55.6 Å². The maximum Gasteiger partial charge on any atom is 0.123 e. The molecule has 1 atom stereocenters. The van der Waals surface area contributed by atoms with Gasteiger partial charge in [-0.05, 0) is 72.5 Å². The van der Waals surface area contributed by atoms with Gasteiger partial charge in [0.2, 0.25) is 0 Å². The molecular weight excluding hydrogens is 427 g/mol. The smallest absolute Gasteiger partial charge is 0.123 e. The van der Waals surface area contributed by atoms with Crippen LogP contribution < -0.4 is 4.74 Å². The van der Waals surface area contributed by atoms with E-state index in [1.54, 1.807) is 7.11 Å². The third-order valence-electron chi connectivity index (χ3n) is 7.10. The molecule has 6 rings (SSSR count). The van der Waals surface area contributed by atoms with Gasteiger partial charge in [0.15, 0.2) is 0 Å². The van der Waals surface area contributed by atoms with Crippen LogP contribution in [0.1, 0.15) is 29.4 Å². The number of rotatable bonds is 5. The normalized spacial score (nSPS) is 17.4. The first kappa shape index (κ1) is 21.1. The lowest BCUT2D eigenvalue weighted by molar-refractivity contribution is 0.217. The van der Waals surface area contributed by atoms with Gasteiger partial charge in [-0.15, -0.1) is 0 Å². The van der Waals surface area contributed by atoms with Crippen molar-refractivity contribution in [1.82, 2.24) is 19.4 Å². The number of halogens is 1. The fraction of sp³-hybridized carbons (Fsp3) is 0.286. The molecule has 2 aliphatic rings. The van der Waals surface area contributed by atoms with E-state index in [1.165, 1.54) is 23.3 Å². The summed E-state index contributed by atoms with van der Waals surface area (Å²) in [5.41, 5.74) is 6.83. The van der Waals surface area contributed by atoms with Gasteiger partial charge >= 0.3 is 0 Å². The van der Waals surface area contributed by atoms with Crippen molar-refractivity contribution in [2.45, 2.75) is 31.8 Å². The van der Waals surface area contributed by atoms with Crippen LogP contribution in [0.4, 0.5) is 4.39 Å². The molecule has 0 saturated heterocycles. The molecule has 0 N–H and O–H groups in total. The van der Waals surface area contributed by atoms with Gasteiger partial charge in [0.1, 0.15) is 17.4 Å². The summed E-state index contributed by atoms with van der Waals surface area (Å²) in [5.74, 6) is 1.81. The number of fused-ring (bicyclic) bond motifs is 2.